The van der Waals surface area contributed by atoms with Crippen LogP contribution in [0.5, 0.6) is 5.75 Å². The van der Waals surface area contributed by atoms with Crippen LogP contribution in [0.25, 0.3) is 5.69 Å². The Hall–Kier alpha value is -2.08. The zero-order valence-electron chi connectivity index (χ0n) is 9.73. The van der Waals surface area contributed by atoms with Crippen LogP contribution >= 0.6 is 0 Å². The predicted molar refractivity (Wildman–Crippen MR) is 63.5 cm³/mol. The molecule has 6 heteroatoms. The van der Waals surface area contributed by atoms with E-state index in [0.717, 1.165) is 5.69 Å². The van der Waals surface area contributed by atoms with Crippen molar-refractivity contribution in [3.8, 4) is 11.4 Å². The lowest BCUT2D eigenvalue weighted by Gasteiger charge is -2.06. The van der Waals surface area contributed by atoms with Crippen LogP contribution in [-0.2, 0) is 6.54 Å². The van der Waals surface area contributed by atoms with Crippen molar-refractivity contribution in [1.82, 2.24) is 20.1 Å². The van der Waals surface area contributed by atoms with E-state index in [1.807, 2.05) is 18.2 Å². The molecule has 90 valence electrons. The van der Waals surface area contributed by atoms with E-state index in [1.165, 1.54) is 4.57 Å². The maximum absolute atomic E-state index is 11.7. The number of H-pyrrole nitrogens is 1. The summed E-state index contributed by atoms with van der Waals surface area (Å²) in [6.07, 6.45) is 0. The number of nitrogens with zero attached hydrogens (tertiary/aromatic N) is 2. The SMILES string of the molecule is CNCc1n[nH]c(=O)n1-c1cccc(OC)c1. The molecule has 17 heavy (non-hydrogen) atoms. The average molecular weight is 234 g/mol. The average Bonchev–Trinajstić information content (AvgIpc) is 2.71. The Balaban J connectivity index is 2.51. The number of benzene rings is 1. The van der Waals surface area contributed by atoms with Gasteiger partial charge in [0.15, 0.2) is 5.82 Å². The van der Waals surface area contributed by atoms with Gasteiger partial charge in [0, 0.05) is 6.07 Å². The monoisotopic (exact) mass is 234 g/mol. The fraction of sp³-hybridized carbons (Fsp3) is 0.273. The third-order valence-electron chi connectivity index (χ3n) is 2.39. The second kappa shape index (κ2) is 4.84. The van der Waals surface area contributed by atoms with Gasteiger partial charge in [-0.3, -0.25) is 0 Å². The highest BCUT2D eigenvalue weighted by atomic mass is 16.5. The second-order valence-corrected chi connectivity index (χ2v) is 3.51. The van der Waals surface area contributed by atoms with Gasteiger partial charge in [-0.15, -0.1) is 0 Å². The summed E-state index contributed by atoms with van der Waals surface area (Å²) in [5.41, 5.74) is 0.469. The Bertz CT molecular complexity index is 559. The molecule has 1 aromatic heterocycles. The zero-order valence-corrected chi connectivity index (χ0v) is 9.73. The number of aromatic nitrogens is 3. The van der Waals surface area contributed by atoms with E-state index in [9.17, 15) is 4.79 Å². The van der Waals surface area contributed by atoms with Gasteiger partial charge in [-0.1, -0.05) is 6.07 Å². The molecule has 0 radical (unpaired) electrons. The number of hydrogen-bond acceptors (Lipinski definition) is 4. The molecule has 0 fully saturated rings. The molecule has 2 rings (SSSR count). The van der Waals surface area contributed by atoms with E-state index < -0.39 is 0 Å². The standard InChI is InChI=1S/C11H14N4O2/c1-12-7-10-13-14-11(16)15(10)8-4-3-5-9(6-8)17-2/h3-6,12H,7H2,1-2H3,(H,14,16). The topological polar surface area (TPSA) is 71.9 Å². The molecule has 2 N–H and O–H groups in total. The molecule has 0 aliphatic rings. The van der Waals surface area contributed by atoms with Crippen LogP contribution in [0.3, 0.4) is 0 Å². The van der Waals surface area contributed by atoms with E-state index >= 15 is 0 Å². The molecule has 1 aromatic carbocycles. The lowest BCUT2D eigenvalue weighted by Crippen LogP contribution is -2.19. The predicted octanol–water partition coefficient (Wildman–Crippen LogP) is 0.289. The van der Waals surface area contributed by atoms with Crippen molar-refractivity contribution in [1.29, 1.82) is 0 Å². The molecular formula is C11H14N4O2. The molecule has 0 amide bonds. The zero-order chi connectivity index (χ0) is 12.3. The van der Waals surface area contributed by atoms with Crippen molar-refractivity contribution in [3.05, 3.63) is 40.6 Å². The smallest absolute Gasteiger partial charge is 0.347 e. The van der Waals surface area contributed by atoms with Crippen LogP contribution in [0.4, 0.5) is 0 Å². The van der Waals surface area contributed by atoms with Crippen molar-refractivity contribution < 1.29 is 4.74 Å². The van der Waals surface area contributed by atoms with Gasteiger partial charge in [-0.05, 0) is 19.2 Å². The number of ether oxygens (including phenoxy) is 1. The number of methoxy groups -OCH3 is 1. The highest BCUT2D eigenvalue weighted by molar-refractivity contribution is 5.39. The Morgan fingerprint density at radius 2 is 2.35 bits per heavy atom. The Labute approximate surface area is 98.2 Å². The summed E-state index contributed by atoms with van der Waals surface area (Å²) >= 11 is 0. The molecule has 0 saturated heterocycles. The van der Waals surface area contributed by atoms with Gasteiger partial charge in [-0.2, -0.15) is 5.10 Å². The first-order chi connectivity index (χ1) is 8.26. The Morgan fingerprint density at radius 1 is 1.53 bits per heavy atom. The molecular weight excluding hydrogens is 220 g/mol. The van der Waals surface area contributed by atoms with Gasteiger partial charge >= 0.3 is 5.69 Å². The number of rotatable bonds is 4. The van der Waals surface area contributed by atoms with Crippen molar-refractivity contribution in [2.75, 3.05) is 14.2 Å². The van der Waals surface area contributed by atoms with E-state index in [2.05, 4.69) is 15.5 Å². The van der Waals surface area contributed by atoms with Crippen molar-refractivity contribution in [2.45, 2.75) is 6.54 Å². The first-order valence-corrected chi connectivity index (χ1v) is 5.21. The maximum Gasteiger partial charge on any atom is 0.347 e. The Kier molecular flexibility index (Phi) is 3.24. The number of aromatic amines is 1. The summed E-state index contributed by atoms with van der Waals surface area (Å²) in [6.45, 7) is 0.510. The maximum atomic E-state index is 11.7. The normalized spacial score (nSPS) is 10.5. The van der Waals surface area contributed by atoms with Gasteiger partial charge in [0.1, 0.15) is 5.75 Å². The third-order valence-corrected chi connectivity index (χ3v) is 2.39. The lowest BCUT2D eigenvalue weighted by molar-refractivity contribution is 0.414. The van der Waals surface area contributed by atoms with E-state index in [-0.39, 0.29) is 5.69 Å². The quantitative estimate of drug-likeness (QED) is 0.797. The van der Waals surface area contributed by atoms with Gasteiger partial charge in [-0.25, -0.2) is 14.5 Å². The first-order valence-electron chi connectivity index (χ1n) is 5.21. The minimum absolute atomic E-state index is 0.261. The molecule has 0 aliphatic heterocycles. The van der Waals surface area contributed by atoms with Crippen molar-refractivity contribution in [3.63, 3.8) is 0 Å². The van der Waals surface area contributed by atoms with Gasteiger partial charge in [0.2, 0.25) is 0 Å². The van der Waals surface area contributed by atoms with Crippen molar-refractivity contribution in [2.24, 2.45) is 0 Å². The molecule has 1 heterocycles. The molecule has 2 aromatic rings. The van der Waals surface area contributed by atoms with E-state index in [1.54, 1.807) is 20.2 Å². The first kappa shape index (κ1) is 11.4. The Morgan fingerprint density at radius 3 is 3.06 bits per heavy atom. The van der Waals surface area contributed by atoms with E-state index in [4.69, 9.17) is 4.74 Å². The van der Waals surface area contributed by atoms with Crippen LogP contribution in [0, 0.1) is 0 Å². The molecule has 0 unspecified atom stereocenters. The van der Waals surface area contributed by atoms with Crippen LogP contribution in [0.1, 0.15) is 5.82 Å². The molecule has 0 bridgehead atoms. The summed E-state index contributed by atoms with van der Waals surface area (Å²) in [5.74, 6) is 1.33. The minimum Gasteiger partial charge on any atom is -0.497 e. The summed E-state index contributed by atoms with van der Waals surface area (Å²) in [5, 5.41) is 9.36. The summed E-state index contributed by atoms with van der Waals surface area (Å²) in [7, 11) is 3.39. The second-order valence-electron chi connectivity index (χ2n) is 3.51. The summed E-state index contributed by atoms with van der Waals surface area (Å²) in [4.78, 5) is 11.7. The van der Waals surface area contributed by atoms with Gasteiger partial charge in [0.05, 0.1) is 19.3 Å². The van der Waals surface area contributed by atoms with Gasteiger partial charge in [0.25, 0.3) is 0 Å². The highest BCUT2D eigenvalue weighted by Crippen LogP contribution is 2.15. The van der Waals surface area contributed by atoms with Crippen LogP contribution in [-0.4, -0.2) is 28.9 Å². The molecule has 0 saturated carbocycles. The van der Waals surface area contributed by atoms with Gasteiger partial charge < -0.3 is 10.1 Å². The lowest BCUT2D eigenvalue weighted by atomic mass is 10.3. The molecule has 0 atom stereocenters. The fourth-order valence-electron chi connectivity index (χ4n) is 1.62. The molecule has 0 spiro atoms. The highest BCUT2D eigenvalue weighted by Gasteiger charge is 2.09. The molecule has 6 nitrogen and oxygen atoms in total. The largest absolute Gasteiger partial charge is 0.497 e. The van der Waals surface area contributed by atoms with E-state index in [0.29, 0.717) is 18.1 Å². The van der Waals surface area contributed by atoms with Crippen LogP contribution < -0.4 is 15.7 Å². The summed E-state index contributed by atoms with van der Waals surface area (Å²) in [6, 6.07) is 7.28. The van der Waals surface area contributed by atoms with Crippen molar-refractivity contribution >= 4 is 0 Å². The number of hydrogen-bond donors (Lipinski definition) is 2. The summed E-state index contributed by atoms with van der Waals surface area (Å²) < 4.78 is 6.64. The molecule has 0 aliphatic carbocycles. The number of nitrogens with one attached hydrogen (secondary N) is 2. The fourth-order valence-corrected chi connectivity index (χ4v) is 1.62. The minimum atomic E-state index is -0.261. The third kappa shape index (κ3) is 2.21. The van der Waals surface area contributed by atoms with Crippen LogP contribution in [0.2, 0.25) is 0 Å². The van der Waals surface area contributed by atoms with Crippen LogP contribution in [0.15, 0.2) is 29.1 Å².